The molecule has 0 aliphatic carbocycles. The SMILES string of the molecule is Cc1cccc2cc(C(=O)N3CCC(C)CC3CN)oc12.Cl. The molecule has 0 bridgehead atoms. The number of nitrogens with two attached hydrogens (primary N) is 1. The van der Waals surface area contributed by atoms with E-state index < -0.39 is 0 Å². The van der Waals surface area contributed by atoms with Gasteiger partial charge in [0, 0.05) is 24.5 Å². The Kier molecular flexibility index (Phi) is 5.14. The predicted molar refractivity (Wildman–Crippen MR) is 90.5 cm³/mol. The molecule has 2 heterocycles. The van der Waals surface area contributed by atoms with Crippen LogP contribution in [0.5, 0.6) is 0 Å². The van der Waals surface area contributed by atoms with Gasteiger partial charge in [-0.25, -0.2) is 0 Å². The molecule has 1 saturated heterocycles. The number of rotatable bonds is 2. The largest absolute Gasteiger partial charge is 0.451 e. The number of benzene rings is 1. The molecule has 1 amide bonds. The zero-order valence-corrected chi connectivity index (χ0v) is 13.9. The van der Waals surface area contributed by atoms with Crippen molar-refractivity contribution in [2.45, 2.75) is 32.7 Å². The van der Waals surface area contributed by atoms with Crippen molar-refractivity contribution in [2.24, 2.45) is 11.7 Å². The van der Waals surface area contributed by atoms with Gasteiger partial charge in [-0.1, -0.05) is 25.1 Å². The van der Waals surface area contributed by atoms with E-state index in [-0.39, 0.29) is 24.4 Å². The summed E-state index contributed by atoms with van der Waals surface area (Å²) in [5, 5.41) is 0.980. The molecule has 1 aromatic heterocycles. The number of piperidine rings is 1. The summed E-state index contributed by atoms with van der Waals surface area (Å²) < 4.78 is 5.80. The molecule has 3 rings (SSSR count). The first kappa shape index (κ1) is 16.8. The highest BCUT2D eigenvalue weighted by Crippen LogP contribution is 2.27. The zero-order chi connectivity index (χ0) is 15.0. The molecule has 5 heteroatoms. The van der Waals surface area contributed by atoms with Crippen LogP contribution in [0.4, 0.5) is 0 Å². The smallest absolute Gasteiger partial charge is 0.289 e. The standard InChI is InChI=1S/C17H22N2O2.ClH/c1-11-6-7-19(14(8-11)10-18)17(20)15-9-13-5-3-4-12(2)16(13)21-15;/h3-5,9,11,14H,6-8,10,18H2,1-2H3;1H. The number of fused-ring (bicyclic) bond motifs is 1. The van der Waals surface area contributed by atoms with Gasteiger partial charge in [-0.3, -0.25) is 4.79 Å². The molecule has 120 valence electrons. The molecule has 4 nitrogen and oxygen atoms in total. The van der Waals surface area contributed by atoms with Crippen LogP contribution in [0.1, 0.15) is 35.9 Å². The topological polar surface area (TPSA) is 59.5 Å². The van der Waals surface area contributed by atoms with Crippen molar-refractivity contribution in [1.29, 1.82) is 0 Å². The Labute approximate surface area is 137 Å². The lowest BCUT2D eigenvalue weighted by atomic mass is 9.92. The highest BCUT2D eigenvalue weighted by Gasteiger charge is 2.31. The summed E-state index contributed by atoms with van der Waals surface area (Å²) >= 11 is 0. The Hall–Kier alpha value is -1.52. The van der Waals surface area contributed by atoms with Crippen LogP contribution in [0, 0.1) is 12.8 Å². The van der Waals surface area contributed by atoms with Gasteiger partial charge in [0.1, 0.15) is 5.58 Å². The normalized spacial score (nSPS) is 21.7. The highest BCUT2D eigenvalue weighted by atomic mass is 35.5. The van der Waals surface area contributed by atoms with E-state index in [0.29, 0.717) is 18.2 Å². The number of hydrogen-bond donors (Lipinski definition) is 1. The van der Waals surface area contributed by atoms with Crippen LogP contribution < -0.4 is 5.73 Å². The van der Waals surface area contributed by atoms with Gasteiger partial charge in [0.25, 0.3) is 5.91 Å². The number of halogens is 1. The molecule has 2 aromatic rings. The molecular formula is C17H23ClN2O2. The van der Waals surface area contributed by atoms with Gasteiger partial charge >= 0.3 is 0 Å². The van der Waals surface area contributed by atoms with Crippen molar-refractivity contribution in [1.82, 2.24) is 4.90 Å². The summed E-state index contributed by atoms with van der Waals surface area (Å²) in [5.41, 5.74) is 7.70. The van der Waals surface area contributed by atoms with Crippen LogP contribution in [0.3, 0.4) is 0 Å². The van der Waals surface area contributed by atoms with Crippen molar-refractivity contribution in [3.8, 4) is 0 Å². The number of carbonyl (C=O) groups excluding carboxylic acids is 1. The first-order chi connectivity index (χ1) is 10.1. The van der Waals surface area contributed by atoms with Gasteiger partial charge in [0.05, 0.1) is 0 Å². The molecule has 2 N–H and O–H groups in total. The molecule has 0 radical (unpaired) electrons. The van der Waals surface area contributed by atoms with Gasteiger partial charge < -0.3 is 15.1 Å². The Bertz CT molecular complexity index is 668. The minimum absolute atomic E-state index is 0. The molecule has 1 aromatic carbocycles. The third kappa shape index (κ3) is 2.99. The Morgan fingerprint density at radius 1 is 1.45 bits per heavy atom. The van der Waals surface area contributed by atoms with E-state index in [4.69, 9.17) is 10.2 Å². The van der Waals surface area contributed by atoms with Gasteiger partial charge in [-0.15, -0.1) is 12.4 Å². The molecule has 0 spiro atoms. The first-order valence-corrected chi connectivity index (χ1v) is 7.60. The minimum atomic E-state index is -0.0343. The zero-order valence-electron chi connectivity index (χ0n) is 13.0. The minimum Gasteiger partial charge on any atom is -0.451 e. The van der Waals surface area contributed by atoms with E-state index in [0.717, 1.165) is 35.9 Å². The lowest BCUT2D eigenvalue weighted by Crippen LogP contribution is -2.49. The van der Waals surface area contributed by atoms with Crippen molar-refractivity contribution in [3.05, 3.63) is 35.6 Å². The van der Waals surface area contributed by atoms with Crippen LogP contribution in [-0.2, 0) is 0 Å². The van der Waals surface area contributed by atoms with Crippen LogP contribution in [0.15, 0.2) is 28.7 Å². The van der Waals surface area contributed by atoms with E-state index in [1.807, 2.05) is 36.1 Å². The van der Waals surface area contributed by atoms with Crippen molar-refractivity contribution >= 4 is 29.3 Å². The summed E-state index contributed by atoms with van der Waals surface area (Å²) in [6.07, 6.45) is 2.00. The van der Waals surface area contributed by atoms with Crippen LogP contribution >= 0.6 is 12.4 Å². The maximum absolute atomic E-state index is 12.7. The van der Waals surface area contributed by atoms with Gasteiger partial charge in [0.2, 0.25) is 0 Å². The van der Waals surface area contributed by atoms with Gasteiger partial charge in [-0.2, -0.15) is 0 Å². The summed E-state index contributed by atoms with van der Waals surface area (Å²) in [5.74, 6) is 1.01. The molecule has 1 aliphatic rings. The average molecular weight is 323 g/mol. The van der Waals surface area contributed by atoms with Gasteiger partial charge in [0.15, 0.2) is 5.76 Å². The summed E-state index contributed by atoms with van der Waals surface area (Å²) in [6, 6.07) is 7.91. The average Bonchev–Trinajstić information content (AvgIpc) is 2.92. The van der Waals surface area contributed by atoms with E-state index in [1.165, 1.54) is 0 Å². The molecule has 0 saturated carbocycles. The summed E-state index contributed by atoms with van der Waals surface area (Å²) in [4.78, 5) is 14.6. The number of hydrogen-bond acceptors (Lipinski definition) is 3. The number of nitrogens with zero attached hydrogens (tertiary/aromatic N) is 1. The number of likely N-dealkylation sites (tertiary alicyclic amines) is 1. The second-order valence-corrected chi connectivity index (χ2v) is 6.12. The lowest BCUT2D eigenvalue weighted by molar-refractivity contribution is 0.0544. The number of para-hydroxylation sites is 1. The quantitative estimate of drug-likeness (QED) is 0.922. The molecule has 2 atom stereocenters. The molecule has 22 heavy (non-hydrogen) atoms. The molecular weight excluding hydrogens is 300 g/mol. The summed E-state index contributed by atoms with van der Waals surface area (Å²) in [6.45, 7) is 5.48. The highest BCUT2D eigenvalue weighted by molar-refractivity contribution is 5.96. The first-order valence-electron chi connectivity index (χ1n) is 7.60. The van der Waals surface area contributed by atoms with Crippen LogP contribution in [-0.4, -0.2) is 29.9 Å². The number of amides is 1. The maximum atomic E-state index is 12.7. The predicted octanol–water partition coefficient (Wildman–Crippen LogP) is 3.36. The Morgan fingerprint density at radius 3 is 2.91 bits per heavy atom. The number of aryl methyl sites for hydroxylation is 1. The number of carbonyl (C=O) groups is 1. The van der Waals surface area contributed by atoms with E-state index in [1.54, 1.807) is 0 Å². The second-order valence-electron chi connectivity index (χ2n) is 6.12. The maximum Gasteiger partial charge on any atom is 0.289 e. The van der Waals surface area contributed by atoms with E-state index in [9.17, 15) is 4.79 Å². The molecule has 2 unspecified atom stereocenters. The van der Waals surface area contributed by atoms with Crippen molar-refractivity contribution < 1.29 is 9.21 Å². The lowest BCUT2D eigenvalue weighted by Gasteiger charge is -2.37. The third-order valence-corrected chi connectivity index (χ3v) is 4.46. The van der Waals surface area contributed by atoms with Crippen molar-refractivity contribution in [3.63, 3.8) is 0 Å². The van der Waals surface area contributed by atoms with Crippen LogP contribution in [0.2, 0.25) is 0 Å². The molecule has 1 aliphatic heterocycles. The fourth-order valence-electron chi connectivity index (χ4n) is 3.20. The van der Waals surface area contributed by atoms with Crippen molar-refractivity contribution in [2.75, 3.05) is 13.1 Å². The number of furan rings is 1. The molecule has 1 fully saturated rings. The van der Waals surface area contributed by atoms with Gasteiger partial charge in [-0.05, 0) is 37.3 Å². The fraction of sp³-hybridized carbons (Fsp3) is 0.471. The Balaban J connectivity index is 0.00000176. The third-order valence-electron chi connectivity index (χ3n) is 4.46. The summed E-state index contributed by atoms with van der Waals surface area (Å²) in [7, 11) is 0. The fourth-order valence-corrected chi connectivity index (χ4v) is 3.20. The second kappa shape index (κ2) is 6.71. The monoisotopic (exact) mass is 322 g/mol. The van der Waals surface area contributed by atoms with E-state index in [2.05, 4.69) is 6.92 Å². The van der Waals surface area contributed by atoms with E-state index >= 15 is 0 Å². The Morgan fingerprint density at radius 2 is 2.23 bits per heavy atom. The van der Waals surface area contributed by atoms with Crippen LogP contribution in [0.25, 0.3) is 11.0 Å².